The van der Waals surface area contributed by atoms with Gasteiger partial charge in [0.1, 0.15) is 0 Å². The van der Waals surface area contributed by atoms with Crippen LogP contribution in [-0.4, -0.2) is 4.57 Å². The Labute approximate surface area is 298 Å². The maximum Gasteiger partial charge on any atom is 0.0640 e. The van der Waals surface area contributed by atoms with Crippen LogP contribution in [0.3, 0.4) is 0 Å². The van der Waals surface area contributed by atoms with Crippen molar-refractivity contribution in [3.63, 3.8) is 0 Å². The monoisotopic (exact) mass is 666 g/mol. The van der Waals surface area contributed by atoms with E-state index in [1.165, 1.54) is 85.7 Å². The predicted octanol–water partition coefficient (Wildman–Crippen LogP) is 14.1. The van der Waals surface area contributed by atoms with Gasteiger partial charge in [-0.2, -0.15) is 0 Å². The second kappa shape index (κ2) is 11.0. The van der Waals surface area contributed by atoms with E-state index in [-0.39, 0.29) is 0 Å². The van der Waals surface area contributed by atoms with Gasteiger partial charge in [-0.05, 0) is 81.5 Å². The molecule has 3 heteroatoms. The van der Waals surface area contributed by atoms with Gasteiger partial charge in [-0.15, -0.1) is 11.3 Å². The highest BCUT2D eigenvalue weighted by molar-refractivity contribution is 7.26. The Morgan fingerprint density at radius 1 is 0.392 bits per heavy atom. The van der Waals surface area contributed by atoms with Gasteiger partial charge in [-0.1, -0.05) is 127 Å². The Morgan fingerprint density at radius 2 is 1.06 bits per heavy atom. The van der Waals surface area contributed by atoms with Gasteiger partial charge < -0.3 is 9.47 Å². The zero-order chi connectivity index (χ0) is 33.5. The summed E-state index contributed by atoms with van der Waals surface area (Å²) in [4.78, 5) is 2.52. The van der Waals surface area contributed by atoms with E-state index < -0.39 is 0 Å². The Balaban J connectivity index is 1.26. The molecular weight excluding hydrogens is 637 g/mol. The van der Waals surface area contributed by atoms with Crippen LogP contribution in [0.5, 0.6) is 0 Å². The standard InChI is InChI=1S/C48H30N2S/c1-2-14-33(15-3-1)49-42-22-10-8-18-37(42)41-30-34(27-28-43(41)49)50(44-23-12-21-40-38-19-9-11-24-46(38)51-48(40)44)45-29-32-26-25-31-13-4-5-16-35(31)47(32)39-20-7-6-17-36(39)45/h1-30H. The van der Waals surface area contributed by atoms with Crippen molar-refractivity contribution in [2.75, 3.05) is 4.90 Å². The molecule has 0 saturated carbocycles. The zero-order valence-corrected chi connectivity index (χ0v) is 28.4. The van der Waals surface area contributed by atoms with Gasteiger partial charge in [-0.25, -0.2) is 0 Å². The molecule has 11 aromatic rings. The van der Waals surface area contributed by atoms with Crippen molar-refractivity contribution in [3.05, 3.63) is 182 Å². The van der Waals surface area contributed by atoms with Gasteiger partial charge in [0.25, 0.3) is 0 Å². The normalized spacial score (nSPS) is 11.9. The second-order valence-electron chi connectivity index (χ2n) is 13.3. The molecule has 0 unspecified atom stereocenters. The number of rotatable bonds is 4. The average molecular weight is 667 g/mol. The lowest BCUT2D eigenvalue weighted by atomic mass is 9.94. The lowest BCUT2D eigenvalue weighted by molar-refractivity contribution is 1.18. The van der Waals surface area contributed by atoms with Crippen LogP contribution in [0.4, 0.5) is 17.1 Å². The maximum absolute atomic E-state index is 2.52. The van der Waals surface area contributed by atoms with Gasteiger partial charge >= 0.3 is 0 Å². The minimum Gasteiger partial charge on any atom is -0.309 e. The first kappa shape index (κ1) is 28.4. The van der Waals surface area contributed by atoms with Crippen LogP contribution in [0.15, 0.2) is 182 Å². The minimum absolute atomic E-state index is 1.13. The van der Waals surface area contributed by atoms with Crippen LogP contribution < -0.4 is 4.90 Å². The number of fused-ring (bicyclic) bond motifs is 11. The van der Waals surface area contributed by atoms with Crippen molar-refractivity contribution < 1.29 is 0 Å². The topological polar surface area (TPSA) is 8.17 Å². The molecule has 2 aromatic heterocycles. The quantitative estimate of drug-likeness (QED) is 0.170. The molecule has 0 radical (unpaired) electrons. The Kier molecular flexibility index (Phi) is 6.16. The Morgan fingerprint density at radius 3 is 1.94 bits per heavy atom. The molecule has 0 aliphatic heterocycles. The third kappa shape index (κ3) is 4.22. The summed E-state index contributed by atoms with van der Waals surface area (Å²) in [5.74, 6) is 0. The van der Waals surface area contributed by atoms with E-state index in [0.29, 0.717) is 0 Å². The Bertz CT molecular complexity index is 3150. The molecule has 11 rings (SSSR count). The number of hydrogen-bond acceptors (Lipinski definition) is 2. The molecule has 0 aliphatic carbocycles. The third-order valence-electron chi connectivity index (χ3n) is 10.5. The van der Waals surface area contributed by atoms with Crippen LogP contribution in [0.1, 0.15) is 0 Å². The SMILES string of the molecule is c1ccc(-n2c3ccccc3c3cc(N(c4cc5ccc6ccccc6c5c5ccccc45)c4cccc5c4sc4ccccc45)ccc32)cc1. The molecule has 0 N–H and O–H groups in total. The summed E-state index contributed by atoms with van der Waals surface area (Å²) in [5.41, 5.74) is 7.05. The summed E-state index contributed by atoms with van der Waals surface area (Å²) < 4.78 is 4.98. The van der Waals surface area contributed by atoms with Gasteiger partial charge in [0, 0.05) is 43.0 Å². The van der Waals surface area contributed by atoms with Gasteiger partial charge in [0.15, 0.2) is 0 Å². The second-order valence-corrected chi connectivity index (χ2v) is 14.4. The predicted molar refractivity (Wildman–Crippen MR) is 221 cm³/mol. The highest BCUT2D eigenvalue weighted by atomic mass is 32.1. The van der Waals surface area contributed by atoms with Crippen molar-refractivity contribution >= 4 is 103 Å². The molecule has 238 valence electrons. The molecule has 0 amide bonds. The zero-order valence-electron chi connectivity index (χ0n) is 27.6. The number of nitrogens with zero attached hydrogens (tertiary/aromatic N) is 2. The Hall–Kier alpha value is -6.42. The third-order valence-corrected chi connectivity index (χ3v) is 11.7. The molecule has 0 aliphatic rings. The molecule has 51 heavy (non-hydrogen) atoms. The van der Waals surface area contributed by atoms with Crippen molar-refractivity contribution in [2.24, 2.45) is 0 Å². The molecule has 0 spiro atoms. The molecule has 0 saturated heterocycles. The van der Waals surface area contributed by atoms with Crippen LogP contribution in [-0.2, 0) is 0 Å². The summed E-state index contributed by atoms with van der Waals surface area (Å²) in [6.07, 6.45) is 0. The van der Waals surface area contributed by atoms with Gasteiger partial charge in [-0.3, -0.25) is 0 Å². The van der Waals surface area contributed by atoms with Crippen LogP contribution in [0.25, 0.3) is 80.0 Å². The summed E-state index contributed by atoms with van der Waals surface area (Å²) in [6.45, 7) is 0. The number of thiophene rings is 1. The molecule has 0 fully saturated rings. The molecule has 9 aromatic carbocycles. The molecule has 0 atom stereocenters. The van der Waals surface area contributed by atoms with E-state index in [9.17, 15) is 0 Å². The number of hydrogen-bond donors (Lipinski definition) is 0. The fourth-order valence-corrected chi connectivity index (χ4v) is 9.52. The maximum atomic E-state index is 2.52. The van der Waals surface area contributed by atoms with Crippen LogP contribution in [0, 0.1) is 0 Å². The van der Waals surface area contributed by atoms with E-state index in [1.54, 1.807) is 0 Å². The number of benzene rings is 9. The highest BCUT2D eigenvalue weighted by Gasteiger charge is 2.23. The van der Waals surface area contributed by atoms with Crippen molar-refractivity contribution in [1.29, 1.82) is 0 Å². The molecular formula is C48H30N2S. The first-order valence-electron chi connectivity index (χ1n) is 17.4. The van der Waals surface area contributed by atoms with Crippen molar-refractivity contribution in [2.45, 2.75) is 0 Å². The van der Waals surface area contributed by atoms with E-state index in [0.717, 1.165) is 11.4 Å². The van der Waals surface area contributed by atoms with Crippen LogP contribution in [0.2, 0.25) is 0 Å². The number of aromatic nitrogens is 1. The molecule has 0 bridgehead atoms. The van der Waals surface area contributed by atoms with Crippen LogP contribution >= 0.6 is 11.3 Å². The highest BCUT2D eigenvalue weighted by Crippen LogP contribution is 2.49. The van der Waals surface area contributed by atoms with E-state index in [4.69, 9.17) is 0 Å². The summed E-state index contributed by atoms with van der Waals surface area (Å²) in [5, 5.41) is 12.6. The van der Waals surface area contributed by atoms with Gasteiger partial charge in [0.05, 0.1) is 27.1 Å². The first-order valence-corrected chi connectivity index (χ1v) is 18.3. The van der Waals surface area contributed by atoms with Gasteiger partial charge in [0.2, 0.25) is 0 Å². The molecule has 2 heterocycles. The lowest BCUT2D eigenvalue weighted by Crippen LogP contribution is -2.11. The minimum atomic E-state index is 1.13. The first-order chi connectivity index (χ1) is 25.3. The smallest absolute Gasteiger partial charge is 0.0640 e. The number of anilines is 3. The fourth-order valence-electron chi connectivity index (χ4n) is 8.32. The summed E-state index contributed by atoms with van der Waals surface area (Å²) in [7, 11) is 0. The summed E-state index contributed by atoms with van der Waals surface area (Å²) in [6, 6.07) is 66.8. The fraction of sp³-hybridized carbons (Fsp3) is 0. The van der Waals surface area contributed by atoms with E-state index in [1.807, 2.05) is 11.3 Å². The molecule has 2 nitrogen and oxygen atoms in total. The van der Waals surface area contributed by atoms with Crippen molar-refractivity contribution in [3.8, 4) is 5.69 Å². The largest absolute Gasteiger partial charge is 0.309 e. The lowest BCUT2D eigenvalue weighted by Gasteiger charge is -2.28. The average Bonchev–Trinajstić information content (AvgIpc) is 3.74. The summed E-state index contributed by atoms with van der Waals surface area (Å²) >= 11 is 1.88. The van der Waals surface area contributed by atoms with Crippen molar-refractivity contribution in [1.82, 2.24) is 4.57 Å². The van der Waals surface area contributed by atoms with E-state index >= 15 is 0 Å². The number of para-hydroxylation sites is 2. The van der Waals surface area contributed by atoms with E-state index in [2.05, 4.69) is 191 Å².